The van der Waals surface area contributed by atoms with Crippen molar-refractivity contribution in [3.8, 4) is 0 Å². The van der Waals surface area contributed by atoms with Gasteiger partial charge in [0.2, 0.25) is 11.8 Å². The normalized spacial score (nSPS) is 23.0. The van der Waals surface area contributed by atoms with Gasteiger partial charge in [0, 0.05) is 32.1 Å². The predicted molar refractivity (Wildman–Crippen MR) is 106 cm³/mol. The van der Waals surface area contributed by atoms with Gasteiger partial charge >= 0.3 is 0 Å². The van der Waals surface area contributed by atoms with Gasteiger partial charge < -0.3 is 9.80 Å². The molecule has 4 rings (SSSR count). The molecule has 5 heteroatoms. The Kier molecular flexibility index (Phi) is 5.70. The molecule has 0 atom stereocenters. The molecule has 0 radical (unpaired) electrons. The van der Waals surface area contributed by atoms with Crippen molar-refractivity contribution in [1.29, 1.82) is 0 Å². The Balaban J connectivity index is 1.38. The van der Waals surface area contributed by atoms with Crippen LogP contribution in [0.4, 0.5) is 4.39 Å². The van der Waals surface area contributed by atoms with E-state index >= 15 is 0 Å². The molecule has 152 valence electrons. The summed E-state index contributed by atoms with van der Waals surface area (Å²) < 4.78 is 13.3. The smallest absolute Gasteiger partial charge is 0.233 e. The van der Waals surface area contributed by atoms with Gasteiger partial charge in [0.15, 0.2) is 0 Å². The second-order valence-corrected chi connectivity index (χ2v) is 8.75. The third-order valence-corrected chi connectivity index (χ3v) is 7.06. The minimum absolute atomic E-state index is 0.0605. The zero-order valence-electron chi connectivity index (χ0n) is 16.7. The van der Waals surface area contributed by atoms with Crippen molar-refractivity contribution in [2.45, 2.75) is 63.2 Å². The number of nitrogens with zero attached hydrogens (tertiary/aromatic N) is 2. The molecule has 3 fully saturated rings. The van der Waals surface area contributed by atoms with Gasteiger partial charge in [-0.05, 0) is 56.2 Å². The highest BCUT2D eigenvalue weighted by Crippen LogP contribution is 2.45. The van der Waals surface area contributed by atoms with E-state index in [0.717, 1.165) is 63.6 Å². The number of hydrogen-bond donors (Lipinski definition) is 0. The maximum Gasteiger partial charge on any atom is 0.233 e. The minimum Gasteiger partial charge on any atom is -0.342 e. The van der Waals surface area contributed by atoms with Gasteiger partial charge in [0.25, 0.3) is 0 Å². The van der Waals surface area contributed by atoms with Gasteiger partial charge in [-0.15, -0.1) is 0 Å². The highest BCUT2D eigenvalue weighted by atomic mass is 19.1. The van der Waals surface area contributed by atoms with Crippen LogP contribution in [0.25, 0.3) is 0 Å². The number of hydrogen-bond acceptors (Lipinski definition) is 2. The molecule has 2 aliphatic heterocycles. The van der Waals surface area contributed by atoms with E-state index in [1.807, 2.05) is 4.90 Å². The van der Waals surface area contributed by atoms with Crippen LogP contribution in [0.1, 0.15) is 63.4 Å². The SMILES string of the molecule is O=C(C1CCN(C(=O)C2(c3ccc(F)cc3)CCC2)CC1)N1CCCCCC1. The van der Waals surface area contributed by atoms with Crippen LogP contribution >= 0.6 is 0 Å². The van der Waals surface area contributed by atoms with Crippen LogP contribution in [0, 0.1) is 11.7 Å². The zero-order valence-corrected chi connectivity index (χ0v) is 16.7. The van der Waals surface area contributed by atoms with Gasteiger partial charge in [-0.2, -0.15) is 0 Å². The average Bonchev–Trinajstić information content (AvgIpc) is 2.97. The molecule has 3 aliphatic rings. The van der Waals surface area contributed by atoms with E-state index in [-0.39, 0.29) is 17.6 Å². The van der Waals surface area contributed by atoms with Crippen molar-refractivity contribution >= 4 is 11.8 Å². The van der Waals surface area contributed by atoms with E-state index in [1.165, 1.54) is 25.0 Å². The quantitative estimate of drug-likeness (QED) is 0.791. The lowest BCUT2D eigenvalue weighted by atomic mass is 9.63. The monoisotopic (exact) mass is 386 g/mol. The summed E-state index contributed by atoms with van der Waals surface area (Å²) in [7, 11) is 0. The zero-order chi connectivity index (χ0) is 19.6. The lowest BCUT2D eigenvalue weighted by Gasteiger charge is -2.45. The molecule has 2 saturated heterocycles. The lowest BCUT2D eigenvalue weighted by molar-refractivity contribution is -0.146. The maximum atomic E-state index is 13.3. The number of halogens is 1. The number of amides is 2. The van der Waals surface area contributed by atoms with Crippen molar-refractivity contribution in [3.63, 3.8) is 0 Å². The van der Waals surface area contributed by atoms with Gasteiger partial charge in [0.05, 0.1) is 5.41 Å². The van der Waals surface area contributed by atoms with Crippen LogP contribution in [0.15, 0.2) is 24.3 Å². The Morgan fingerprint density at radius 1 is 0.821 bits per heavy atom. The van der Waals surface area contributed by atoms with Crippen molar-refractivity contribution < 1.29 is 14.0 Å². The standard InChI is InChI=1S/C23H31FN2O2/c24-20-8-6-19(7-9-20)23(12-5-13-23)22(28)26-16-10-18(11-17-26)21(27)25-14-3-1-2-4-15-25/h6-9,18H,1-5,10-17H2. The molecule has 4 nitrogen and oxygen atoms in total. The second kappa shape index (κ2) is 8.22. The van der Waals surface area contributed by atoms with E-state index in [4.69, 9.17) is 0 Å². The van der Waals surface area contributed by atoms with Crippen LogP contribution in [0.3, 0.4) is 0 Å². The Morgan fingerprint density at radius 3 is 1.96 bits per heavy atom. The summed E-state index contributed by atoms with van der Waals surface area (Å²) in [5, 5.41) is 0. The van der Waals surface area contributed by atoms with Gasteiger partial charge in [-0.1, -0.05) is 31.4 Å². The van der Waals surface area contributed by atoms with E-state index in [9.17, 15) is 14.0 Å². The molecular weight excluding hydrogens is 355 g/mol. The molecule has 0 unspecified atom stereocenters. The van der Waals surface area contributed by atoms with Gasteiger partial charge in [-0.25, -0.2) is 4.39 Å². The highest BCUT2D eigenvalue weighted by molar-refractivity contribution is 5.89. The second-order valence-electron chi connectivity index (χ2n) is 8.75. The molecule has 0 N–H and O–H groups in total. The van der Waals surface area contributed by atoms with Crippen molar-refractivity contribution in [2.24, 2.45) is 5.92 Å². The molecule has 0 bridgehead atoms. The Morgan fingerprint density at radius 2 is 1.43 bits per heavy atom. The Labute approximate surface area is 167 Å². The largest absolute Gasteiger partial charge is 0.342 e. The molecule has 1 aliphatic carbocycles. The fourth-order valence-electron chi connectivity index (χ4n) is 5.11. The van der Waals surface area contributed by atoms with E-state index < -0.39 is 5.41 Å². The Hall–Kier alpha value is -1.91. The molecule has 1 aromatic rings. The maximum absolute atomic E-state index is 13.3. The number of rotatable bonds is 3. The first-order valence-corrected chi connectivity index (χ1v) is 10.9. The predicted octanol–water partition coefficient (Wildman–Crippen LogP) is 3.89. The number of likely N-dealkylation sites (tertiary alicyclic amines) is 2. The first-order valence-electron chi connectivity index (χ1n) is 10.9. The number of benzene rings is 1. The topological polar surface area (TPSA) is 40.6 Å². The summed E-state index contributed by atoms with van der Waals surface area (Å²) in [4.78, 5) is 30.2. The summed E-state index contributed by atoms with van der Waals surface area (Å²) in [6.07, 6.45) is 8.92. The molecule has 2 amide bonds. The number of carbonyl (C=O) groups excluding carboxylic acids is 2. The number of carbonyl (C=O) groups is 2. The van der Waals surface area contributed by atoms with Crippen molar-refractivity contribution in [1.82, 2.24) is 9.80 Å². The average molecular weight is 387 g/mol. The van der Waals surface area contributed by atoms with Crippen LogP contribution in [0.5, 0.6) is 0 Å². The first-order chi connectivity index (χ1) is 13.6. The molecule has 2 heterocycles. The summed E-state index contributed by atoms with van der Waals surface area (Å²) >= 11 is 0. The van der Waals surface area contributed by atoms with Crippen molar-refractivity contribution in [3.05, 3.63) is 35.6 Å². The molecule has 0 spiro atoms. The fraction of sp³-hybridized carbons (Fsp3) is 0.652. The molecule has 1 saturated carbocycles. The lowest BCUT2D eigenvalue weighted by Crippen LogP contribution is -2.54. The van der Waals surface area contributed by atoms with Gasteiger partial charge in [0.1, 0.15) is 5.82 Å². The molecule has 28 heavy (non-hydrogen) atoms. The van der Waals surface area contributed by atoms with Crippen LogP contribution < -0.4 is 0 Å². The third kappa shape index (κ3) is 3.68. The van der Waals surface area contributed by atoms with E-state index in [1.54, 1.807) is 12.1 Å². The first kappa shape index (κ1) is 19.4. The molecule has 1 aromatic carbocycles. The van der Waals surface area contributed by atoms with Crippen molar-refractivity contribution in [2.75, 3.05) is 26.2 Å². The number of piperidine rings is 1. The molecular formula is C23H31FN2O2. The summed E-state index contributed by atoms with van der Waals surface area (Å²) in [6.45, 7) is 3.11. The van der Waals surface area contributed by atoms with E-state index in [2.05, 4.69) is 4.90 Å². The van der Waals surface area contributed by atoms with Crippen LogP contribution in [-0.4, -0.2) is 47.8 Å². The third-order valence-electron chi connectivity index (χ3n) is 7.06. The summed E-state index contributed by atoms with van der Waals surface area (Å²) in [5.74, 6) is 0.265. The minimum atomic E-state index is -0.477. The van der Waals surface area contributed by atoms with Gasteiger partial charge in [-0.3, -0.25) is 9.59 Å². The highest BCUT2D eigenvalue weighted by Gasteiger charge is 2.48. The van der Waals surface area contributed by atoms with Crippen LogP contribution in [0.2, 0.25) is 0 Å². The Bertz CT molecular complexity index is 698. The summed E-state index contributed by atoms with van der Waals surface area (Å²) in [5.41, 5.74) is 0.461. The van der Waals surface area contributed by atoms with Crippen LogP contribution in [-0.2, 0) is 15.0 Å². The fourth-order valence-corrected chi connectivity index (χ4v) is 5.11. The summed E-state index contributed by atoms with van der Waals surface area (Å²) in [6, 6.07) is 6.44. The molecule has 0 aromatic heterocycles. The van der Waals surface area contributed by atoms with E-state index in [0.29, 0.717) is 19.0 Å².